The van der Waals surface area contributed by atoms with Gasteiger partial charge in [0.25, 0.3) is 5.78 Å². The van der Waals surface area contributed by atoms with Gasteiger partial charge in [-0.3, -0.25) is 0 Å². The van der Waals surface area contributed by atoms with E-state index < -0.39 is 5.60 Å². The topological polar surface area (TPSA) is 105 Å². The van der Waals surface area contributed by atoms with Crippen molar-refractivity contribution in [3.05, 3.63) is 106 Å². The second-order valence-corrected chi connectivity index (χ2v) is 9.07. The molecule has 1 unspecified atom stereocenters. The van der Waals surface area contributed by atoms with Crippen LogP contribution in [0.1, 0.15) is 22.6 Å². The monoisotopic (exact) mass is 501 g/mol. The lowest BCUT2D eigenvalue weighted by Crippen LogP contribution is -2.29. The average Bonchev–Trinajstić information content (AvgIpc) is 3.52. The first-order chi connectivity index (χ1) is 16.9. The van der Waals surface area contributed by atoms with E-state index in [-0.39, 0.29) is 0 Å². The predicted octanol–water partition coefficient (Wildman–Crippen LogP) is 4.96. The van der Waals surface area contributed by atoms with E-state index >= 15 is 0 Å². The zero-order chi connectivity index (χ0) is 24.2. The van der Waals surface area contributed by atoms with Crippen LogP contribution in [0, 0.1) is 6.92 Å². The van der Waals surface area contributed by atoms with Crippen LogP contribution in [0.15, 0.2) is 72.9 Å². The summed E-state index contributed by atoms with van der Waals surface area (Å²) in [5.74, 6) is 1.04. The van der Waals surface area contributed by atoms with Gasteiger partial charge in [0.2, 0.25) is 0 Å². The Labute approximate surface area is 209 Å². The Bertz CT molecular complexity index is 1710. The second kappa shape index (κ2) is 8.13. The Kier molecular flexibility index (Phi) is 5.03. The van der Waals surface area contributed by atoms with Gasteiger partial charge in [-0.2, -0.15) is 4.52 Å². The van der Waals surface area contributed by atoms with Crippen molar-refractivity contribution in [1.29, 1.82) is 0 Å². The van der Waals surface area contributed by atoms with E-state index in [1.54, 1.807) is 41.0 Å². The van der Waals surface area contributed by atoms with Gasteiger partial charge in [0.15, 0.2) is 5.60 Å². The molecule has 2 N–H and O–H groups in total. The fourth-order valence-electron chi connectivity index (χ4n) is 4.33. The number of nitrogens with one attached hydrogen (secondary N) is 1. The maximum Gasteiger partial charge on any atom is 0.274 e. The van der Waals surface area contributed by atoms with Crippen molar-refractivity contribution >= 4 is 39.9 Å². The molecule has 0 aliphatic carbocycles. The fraction of sp³-hybridized carbons (Fsp3) is 0.0800. The largest absolute Gasteiger partial charge is 0.374 e. The predicted molar refractivity (Wildman–Crippen MR) is 133 cm³/mol. The van der Waals surface area contributed by atoms with E-state index in [0.29, 0.717) is 44.2 Å². The number of rotatable bonds is 4. The van der Waals surface area contributed by atoms with Crippen molar-refractivity contribution in [2.45, 2.75) is 12.5 Å². The molecule has 3 heterocycles. The number of halogens is 2. The summed E-state index contributed by atoms with van der Waals surface area (Å²) < 4.78 is 1.56. The number of fused-ring (bicyclic) bond motifs is 3. The van der Waals surface area contributed by atoms with Gasteiger partial charge in [-0.25, -0.2) is 9.97 Å². The van der Waals surface area contributed by atoms with Crippen LogP contribution in [0.2, 0.25) is 10.0 Å². The molecule has 6 rings (SSSR count). The summed E-state index contributed by atoms with van der Waals surface area (Å²) in [5.41, 5.74) is 2.40. The Balaban J connectivity index is 1.67. The number of aromatic nitrogens is 7. The molecule has 0 aliphatic rings. The molecule has 3 aromatic heterocycles. The lowest BCUT2D eigenvalue weighted by molar-refractivity contribution is 0.121. The molecule has 10 heteroatoms. The van der Waals surface area contributed by atoms with E-state index in [1.807, 2.05) is 43.3 Å². The third-order valence-electron chi connectivity index (χ3n) is 6.02. The van der Waals surface area contributed by atoms with Crippen LogP contribution in [0.4, 0.5) is 0 Å². The first-order valence-corrected chi connectivity index (χ1v) is 11.5. The van der Waals surface area contributed by atoms with Gasteiger partial charge in [0.1, 0.15) is 5.82 Å². The molecular weight excluding hydrogens is 485 g/mol. The summed E-state index contributed by atoms with van der Waals surface area (Å²) in [7, 11) is 0. The smallest absolute Gasteiger partial charge is 0.274 e. The number of benzene rings is 3. The number of H-pyrrole nitrogens is 1. The fourth-order valence-corrected chi connectivity index (χ4v) is 4.65. The Morgan fingerprint density at radius 3 is 2.49 bits per heavy atom. The highest BCUT2D eigenvalue weighted by Crippen LogP contribution is 2.39. The van der Waals surface area contributed by atoms with Crippen LogP contribution in [0.3, 0.4) is 0 Å². The van der Waals surface area contributed by atoms with Crippen LogP contribution in [0.25, 0.3) is 27.9 Å². The first-order valence-electron chi connectivity index (χ1n) is 10.7. The molecule has 172 valence electrons. The number of tetrazole rings is 1. The van der Waals surface area contributed by atoms with Crippen molar-refractivity contribution in [2.24, 2.45) is 0 Å². The van der Waals surface area contributed by atoms with Gasteiger partial charge >= 0.3 is 0 Å². The lowest BCUT2D eigenvalue weighted by atomic mass is 9.83. The zero-order valence-electron chi connectivity index (χ0n) is 18.3. The molecular formula is C25H17Cl2N7O. The molecule has 0 amide bonds. The number of nitrogens with zero attached hydrogens (tertiary/aromatic N) is 6. The van der Waals surface area contributed by atoms with E-state index in [9.17, 15) is 5.11 Å². The second-order valence-electron chi connectivity index (χ2n) is 8.19. The maximum atomic E-state index is 12.3. The van der Waals surface area contributed by atoms with Crippen molar-refractivity contribution in [3.8, 4) is 11.3 Å². The van der Waals surface area contributed by atoms with Gasteiger partial charge in [0, 0.05) is 21.0 Å². The van der Waals surface area contributed by atoms with Crippen molar-refractivity contribution in [3.63, 3.8) is 0 Å². The van der Waals surface area contributed by atoms with E-state index in [0.717, 1.165) is 16.5 Å². The SMILES string of the molecule is Cc1ncc(C(O)(c2ccc(Cl)cc2)c2ccc3c(c2)c(-c2cccc(Cl)c2)nc2nnnn23)[nH]1. The molecule has 35 heavy (non-hydrogen) atoms. The molecule has 0 aliphatic heterocycles. The normalized spacial score (nSPS) is 13.4. The van der Waals surface area contributed by atoms with Crippen molar-refractivity contribution < 1.29 is 5.11 Å². The summed E-state index contributed by atoms with van der Waals surface area (Å²) in [6, 6.07) is 20.1. The molecule has 8 nitrogen and oxygen atoms in total. The molecule has 0 saturated carbocycles. The number of hydrogen-bond acceptors (Lipinski definition) is 6. The highest BCUT2D eigenvalue weighted by Gasteiger charge is 2.36. The van der Waals surface area contributed by atoms with Crippen LogP contribution < -0.4 is 0 Å². The minimum Gasteiger partial charge on any atom is -0.374 e. The van der Waals surface area contributed by atoms with Gasteiger partial charge in [-0.05, 0) is 64.9 Å². The van der Waals surface area contributed by atoms with Gasteiger partial charge in [0.05, 0.1) is 23.1 Å². The van der Waals surface area contributed by atoms with Crippen LogP contribution >= 0.6 is 23.2 Å². The minimum absolute atomic E-state index is 0.359. The molecule has 0 saturated heterocycles. The van der Waals surface area contributed by atoms with Gasteiger partial charge < -0.3 is 10.1 Å². The number of imidazole rings is 1. The molecule has 0 bridgehead atoms. The molecule has 0 fully saturated rings. The van der Waals surface area contributed by atoms with Crippen molar-refractivity contribution in [2.75, 3.05) is 0 Å². The minimum atomic E-state index is -1.54. The summed E-state index contributed by atoms with van der Waals surface area (Å²) >= 11 is 12.4. The van der Waals surface area contributed by atoms with E-state index in [1.165, 1.54) is 0 Å². The number of hydrogen-bond donors (Lipinski definition) is 2. The number of aryl methyl sites for hydroxylation is 1. The summed E-state index contributed by atoms with van der Waals surface area (Å²) in [6.07, 6.45) is 1.63. The van der Waals surface area contributed by atoms with E-state index in [2.05, 4.69) is 25.5 Å². The summed E-state index contributed by atoms with van der Waals surface area (Å²) in [4.78, 5) is 12.2. The third kappa shape index (κ3) is 3.54. The molecule has 6 aromatic rings. The Hall–Kier alpha value is -3.85. The number of aliphatic hydroxyl groups is 1. The average molecular weight is 502 g/mol. The molecule has 0 radical (unpaired) electrons. The van der Waals surface area contributed by atoms with Gasteiger partial charge in [-0.15, -0.1) is 0 Å². The van der Waals surface area contributed by atoms with Gasteiger partial charge in [-0.1, -0.05) is 58.6 Å². The highest BCUT2D eigenvalue weighted by molar-refractivity contribution is 6.31. The Morgan fingerprint density at radius 1 is 0.943 bits per heavy atom. The molecule has 0 spiro atoms. The Morgan fingerprint density at radius 2 is 1.74 bits per heavy atom. The van der Waals surface area contributed by atoms with Crippen LogP contribution in [-0.2, 0) is 5.60 Å². The van der Waals surface area contributed by atoms with Crippen LogP contribution in [-0.4, -0.2) is 40.1 Å². The quantitative estimate of drug-likeness (QED) is 0.353. The summed E-state index contributed by atoms with van der Waals surface area (Å²) in [6.45, 7) is 1.84. The first kappa shape index (κ1) is 21.7. The zero-order valence-corrected chi connectivity index (χ0v) is 19.8. The van der Waals surface area contributed by atoms with E-state index in [4.69, 9.17) is 28.2 Å². The molecule has 1 atom stereocenters. The molecule has 3 aromatic carbocycles. The lowest BCUT2D eigenvalue weighted by Gasteiger charge is -2.29. The summed E-state index contributed by atoms with van der Waals surface area (Å²) in [5, 5.41) is 26.1. The third-order valence-corrected chi connectivity index (χ3v) is 6.50. The highest BCUT2D eigenvalue weighted by atomic mass is 35.5. The number of aromatic amines is 1. The van der Waals surface area contributed by atoms with Crippen LogP contribution in [0.5, 0.6) is 0 Å². The van der Waals surface area contributed by atoms with Crippen molar-refractivity contribution in [1.82, 2.24) is 35.0 Å². The maximum absolute atomic E-state index is 12.3. The standard InChI is InChI=1S/C25H17Cl2N7O/c1-14-28-13-22(29-14)25(35,16-5-8-18(26)9-6-16)17-7-10-21-20(12-17)23(15-3-2-4-19(27)11-15)30-24-31-32-33-34(21)24/h2-13,35H,1H3,(H,28,29).